The largest absolute Gasteiger partial charge is 0.506 e. The second-order valence-corrected chi connectivity index (χ2v) is 9.99. The number of phenolic OH excluding ortho intramolecular Hbond substituents is 1. The summed E-state index contributed by atoms with van der Waals surface area (Å²) in [6, 6.07) is 15.2. The number of aromatic hydroxyl groups is 1. The molecule has 0 atom stereocenters. The Morgan fingerprint density at radius 2 is 1.76 bits per heavy atom. The molecule has 7 nitrogen and oxygen atoms in total. The summed E-state index contributed by atoms with van der Waals surface area (Å²) >= 11 is 18.0. The molecular formula is C22H18Cl3N3O4S. The molecule has 33 heavy (non-hydrogen) atoms. The van der Waals surface area contributed by atoms with E-state index in [2.05, 4.69) is 10.5 Å². The first kappa shape index (κ1) is 24.9. The maximum Gasteiger partial charge on any atom is 0.264 e. The van der Waals surface area contributed by atoms with Gasteiger partial charge in [0.2, 0.25) is 0 Å². The SMILES string of the molecule is Cc1ccc(N(CC(=O)N/N=C/c2cc(Cl)cc(Cl)c2O)S(=O)(=O)c2ccccc2)cc1Cl. The van der Waals surface area contributed by atoms with Crippen molar-refractivity contribution in [3.63, 3.8) is 0 Å². The minimum Gasteiger partial charge on any atom is -0.506 e. The van der Waals surface area contributed by atoms with E-state index in [0.717, 1.165) is 16.1 Å². The number of hydrogen-bond acceptors (Lipinski definition) is 5. The minimum absolute atomic E-state index is 0.0106. The molecule has 3 aromatic rings. The van der Waals surface area contributed by atoms with Crippen LogP contribution in [0.5, 0.6) is 5.75 Å². The molecule has 0 heterocycles. The zero-order chi connectivity index (χ0) is 24.2. The average molecular weight is 527 g/mol. The van der Waals surface area contributed by atoms with Crippen LogP contribution in [-0.4, -0.2) is 32.2 Å². The highest BCUT2D eigenvalue weighted by molar-refractivity contribution is 7.92. The summed E-state index contributed by atoms with van der Waals surface area (Å²) in [5, 5.41) is 14.4. The quantitative estimate of drug-likeness (QED) is 0.334. The molecule has 3 aromatic carbocycles. The molecule has 11 heteroatoms. The van der Waals surface area contributed by atoms with Gasteiger partial charge in [-0.05, 0) is 48.9 Å². The van der Waals surface area contributed by atoms with Gasteiger partial charge in [-0.1, -0.05) is 59.1 Å². The van der Waals surface area contributed by atoms with Gasteiger partial charge < -0.3 is 5.11 Å². The Morgan fingerprint density at radius 3 is 2.42 bits per heavy atom. The number of aryl methyl sites for hydroxylation is 1. The number of amides is 1. The van der Waals surface area contributed by atoms with Crippen molar-refractivity contribution in [3.05, 3.63) is 86.9 Å². The first-order valence-corrected chi connectivity index (χ1v) is 12.0. The van der Waals surface area contributed by atoms with Crippen LogP contribution in [-0.2, 0) is 14.8 Å². The summed E-state index contributed by atoms with van der Waals surface area (Å²) in [5.74, 6) is -0.989. The number of hydrogen-bond donors (Lipinski definition) is 2. The molecule has 0 aliphatic heterocycles. The number of carbonyl (C=O) groups excluding carboxylic acids is 1. The molecule has 0 saturated heterocycles. The summed E-state index contributed by atoms with van der Waals surface area (Å²) < 4.78 is 27.5. The summed E-state index contributed by atoms with van der Waals surface area (Å²) in [6.07, 6.45) is 1.14. The van der Waals surface area contributed by atoms with Gasteiger partial charge in [-0.25, -0.2) is 13.8 Å². The lowest BCUT2D eigenvalue weighted by atomic mass is 10.2. The van der Waals surface area contributed by atoms with Crippen LogP contribution in [0.1, 0.15) is 11.1 Å². The number of sulfonamides is 1. The van der Waals surface area contributed by atoms with E-state index in [9.17, 15) is 18.3 Å². The molecule has 0 aromatic heterocycles. The van der Waals surface area contributed by atoms with Gasteiger partial charge in [0.05, 0.1) is 21.8 Å². The molecular weight excluding hydrogens is 509 g/mol. The van der Waals surface area contributed by atoms with Crippen LogP contribution in [0, 0.1) is 6.92 Å². The third kappa shape index (κ3) is 5.97. The van der Waals surface area contributed by atoms with Crippen molar-refractivity contribution >= 4 is 62.6 Å². The fourth-order valence-corrected chi connectivity index (χ4v) is 4.91. The minimum atomic E-state index is -4.09. The first-order valence-electron chi connectivity index (χ1n) is 9.43. The Bertz CT molecular complexity index is 1320. The first-order chi connectivity index (χ1) is 15.6. The second-order valence-electron chi connectivity index (χ2n) is 6.88. The van der Waals surface area contributed by atoms with Crippen LogP contribution >= 0.6 is 34.8 Å². The van der Waals surface area contributed by atoms with Crippen molar-refractivity contribution in [3.8, 4) is 5.75 Å². The number of carbonyl (C=O) groups is 1. The molecule has 0 unspecified atom stereocenters. The van der Waals surface area contributed by atoms with E-state index in [-0.39, 0.29) is 31.9 Å². The standard InChI is InChI=1S/C22H18Cl3N3O4S/c1-14-7-8-17(11-19(14)24)28(33(31,32)18-5-3-2-4-6-18)13-21(29)27-26-12-15-9-16(23)10-20(25)22(15)30/h2-12,30H,13H2,1H3,(H,27,29)/b26-12+. The molecule has 0 saturated carbocycles. The van der Waals surface area contributed by atoms with Crippen molar-refractivity contribution in [2.45, 2.75) is 11.8 Å². The number of halogens is 3. The second kappa shape index (κ2) is 10.4. The lowest BCUT2D eigenvalue weighted by Crippen LogP contribution is -2.39. The van der Waals surface area contributed by atoms with E-state index in [1.165, 1.54) is 30.3 Å². The number of phenols is 1. The molecule has 2 N–H and O–H groups in total. The van der Waals surface area contributed by atoms with E-state index >= 15 is 0 Å². The van der Waals surface area contributed by atoms with E-state index in [1.54, 1.807) is 37.3 Å². The maximum atomic E-state index is 13.3. The smallest absolute Gasteiger partial charge is 0.264 e. The molecule has 0 aliphatic rings. The van der Waals surface area contributed by atoms with Crippen molar-refractivity contribution in [2.75, 3.05) is 10.8 Å². The average Bonchev–Trinajstić information content (AvgIpc) is 2.78. The van der Waals surface area contributed by atoms with Crippen LogP contribution in [0.15, 0.2) is 70.7 Å². The van der Waals surface area contributed by atoms with Crippen LogP contribution in [0.4, 0.5) is 5.69 Å². The topological polar surface area (TPSA) is 99.1 Å². The fourth-order valence-electron chi connectivity index (χ4n) is 2.80. The third-order valence-corrected chi connectivity index (χ3v) is 7.21. The number of nitrogens with zero attached hydrogens (tertiary/aromatic N) is 2. The van der Waals surface area contributed by atoms with Gasteiger partial charge in [-0.2, -0.15) is 5.10 Å². The van der Waals surface area contributed by atoms with Crippen LogP contribution in [0.3, 0.4) is 0 Å². The molecule has 172 valence electrons. The number of rotatable bonds is 7. The number of anilines is 1. The van der Waals surface area contributed by atoms with E-state index in [1.807, 2.05) is 0 Å². The zero-order valence-electron chi connectivity index (χ0n) is 17.2. The predicted molar refractivity (Wildman–Crippen MR) is 131 cm³/mol. The van der Waals surface area contributed by atoms with E-state index in [4.69, 9.17) is 34.8 Å². The normalized spacial score (nSPS) is 11.5. The highest BCUT2D eigenvalue weighted by Crippen LogP contribution is 2.30. The summed E-state index contributed by atoms with van der Waals surface area (Å²) in [6.45, 7) is 1.21. The number of benzene rings is 3. The molecule has 0 fully saturated rings. The van der Waals surface area contributed by atoms with E-state index < -0.39 is 22.5 Å². The van der Waals surface area contributed by atoms with Crippen LogP contribution in [0.25, 0.3) is 0 Å². The zero-order valence-corrected chi connectivity index (χ0v) is 20.3. The van der Waals surface area contributed by atoms with Gasteiger partial charge >= 0.3 is 0 Å². The van der Waals surface area contributed by atoms with Gasteiger partial charge in [0.25, 0.3) is 15.9 Å². The highest BCUT2D eigenvalue weighted by atomic mass is 35.5. The maximum absolute atomic E-state index is 13.3. The molecule has 0 radical (unpaired) electrons. The van der Waals surface area contributed by atoms with Crippen LogP contribution in [0.2, 0.25) is 15.1 Å². The summed E-state index contributed by atoms with van der Waals surface area (Å²) in [5.41, 5.74) is 3.39. The Labute approximate surface area is 206 Å². The van der Waals surface area contributed by atoms with Gasteiger partial charge in [0.15, 0.2) is 0 Å². The Hall–Kier alpha value is -2.78. The van der Waals surface area contributed by atoms with Gasteiger partial charge in [0, 0.05) is 15.6 Å². The van der Waals surface area contributed by atoms with Gasteiger partial charge in [-0.15, -0.1) is 0 Å². The van der Waals surface area contributed by atoms with Gasteiger partial charge in [0.1, 0.15) is 12.3 Å². The molecule has 0 bridgehead atoms. The van der Waals surface area contributed by atoms with Crippen molar-refractivity contribution in [2.24, 2.45) is 5.10 Å². The van der Waals surface area contributed by atoms with Crippen molar-refractivity contribution in [1.82, 2.24) is 5.43 Å². The molecule has 1 amide bonds. The number of hydrazone groups is 1. The Kier molecular flexibility index (Phi) is 7.86. The van der Waals surface area contributed by atoms with E-state index in [0.29, 0.717) is 5.02 Å². The van der Waals surface area contributed by atoms with Crippen LogP contribution < -0.4 is 9.73 Å². The number of nitrogens with one attached hydrogen (secondary N) is 1. The Morgan fingerprint density at radius 1 is 1.06 bits per heavy atom. The van der Waals surface area contributed by atoms with Crippen molar-refractivity contribution in [1.29, 1.82) is 0 Å². The Balaban J connectivity index is 1.87. The molecule has 3 rings (SSSR count). The van der Waals surface area contributed by atoms with Gasteiger partial charge in [-0.3, -0.25) is 9.10 Å². The lowest BCUT2D eigenvalue weighted by Gasteiger charge is -2.24. The predicted octanol–water partition coefficient (Wildman–Crippen LogP) is 5.01. The highest BCUT2D eigenvalue weighted by Gasteiger charge is 2.27. The fraction of sp³-hybridized carbons (Fsp3) is 0.0909. The summed E-state index contributed by atoms with van der Waals surface area (Å²) in [4.78, 5) is 12.6. The lowest BCUT2D eigenvalue weighted by molar-refractivity contribution is -0.119. The monoisotopic (exact) mass is 525 g/mol. The third-order valence-electron chi connectivity index (χ3n) is 4.51. The summed E-state index contributed by atoms with van der Waals surface area (Å²) in [7, 11) is -4.09. The molecule has 0 spiro atoms. The molecule has 0 aliphatic carbocycles. The van der Waals surface area contributed by atoms with Crippen molar-refractivity contribution < 1.29 is 18.3 Å².